The van der Waals surface area contributed by atoms with E-state index in [0.29, 0.717) is 26.3 Å². The van der Waals surface area contributed by atoms with Crippen LogP contribution in [0.15, 0.2) is 24.3 Å². The Hall–Kier alpha value is -1.60. The van der Waals surface area contributed by atoms with Crippen LogP contribution in [0.2, 0.25) is 0 Å². The number of nitrogens with zero attached hydrogens (tertiary/aromatic N) is 2. The molecule has 1 aliphatic rings. The van der Waals surface area contributed by atoms with Crippen LogP contribution < -0.4 is 0 Å². The van der Waals surface area contributed by atoms with Crippen molar-refractivity contribution in [2.75, 3.05) is 40.4 Å². The van der Waals surface area contributed by atoms with E-state index >= 15 is 0 Å². The molecule has 1 fully saturated rings. The minimum atomic E-state index is -4.45. The minimum absolute atomic E-state index is 0.0560. The van der Waals surface area contributed by atoms with Crippen LogP contribution in [0.3, 0.4) is 0 Å². The Kier molecular flexibility index (Phi) is 5.08. The second-order valence-corrected chi connectivity index (χ2v) is 5.57. The van der Waals surface area contributed by atoms with Gasteiger partial charge in [0.1, 0.15) is 0 Å². The highest BCUT2D eigenvalue weighted by molar-refractivity contribution is 5.94. The number of likely N-dealkylation sites (N-methyl/N-ethyl adjacent to an activating group) is 1. The SMILES string of the molecule is CN(C)CC1COCCN1C(=O)c1cccc(C(F)(F)F)c1. The van der Waals surface area contributed by atoms with Gasteiger partial charge in [0.15, 0.2) is 0 Å². The standard InChI is InChI=1S/C15H19F3N2O2/c1-19(2)9-13-10-22-7-6-20(13)14(21)11-4-3-5-12(8-11)15(16,17)18/h3-5,8,13H,6-7,9-10H2,1-2H3. The lowest BCUT2D eigenvalue weighted by Gasteiger charge is -2.37. The molecule has 7 heteroatoms. The summed E-state index contributed by atoms with van der Waals surface area (Å²) < 4.78 is 43.7. The maximum atomic E-state index is 12.8. The van der Waals surface area contributed by atoms with Crippen molar-refractivity contribution in [1.29, 1.82) is 0 Å². The van der Waals surface area contributed by atoms with E-state index in [-0.39, 0.29) is 17.5 Å². The Morgan fingerprint density at radius 2 is 2.14 bits per heavy atom. The number of morpholine rings is 1. The van der Waals surface area contributed by atoms with Gasteiger partial charge in [0.2, 0.25) is 0 Å². The van der Waals surface area contributed by atoms with Gasteiger partial charge in [0.25, 0.3) is 5.91 Å². The van der Waals surface area contributed by atoms with E-state index in [4.69, 9.17) is 4.74 Å². The molecule has 1 aromatic rings. The first-order valence-electron chi connectivity index (χ1n) is 6.99. The van der Waals surface area contributed by atoms with Gasteiger partial charge >= 0.3 is 6.18 Å². The normalized spacial score (nSPS) is 19.5. The Balaban J connectivity index is 2.22. The monoisotopic (exact) mass is 316 g/mol. The first-order chi connectivity index (χ1) is 10.3. The third-order valence-corrected chi connectivity index (χ3v) is 3.50. The molecule has 1 unspecified atom stereocenters. The van der Waals surface area contributed by atoms with Crippen LogP contribution in [0.1, 0.15) is 15.9 Å². The summed E-state index contributed by atoms with van der Waals surface area (Å²) in [6, 6.07) is 4.39. The molecule has 0 spiro atoms. The quantitative estimate of drug-likeness (QED) is 0.856. The fourth-order valence-corrected chi connectivity index (χ4v) is 2.49. The Bertz CT molecular complexity index is 532. The summed E-state index contributed by atoms with van der Waals surface area (Å²) in [6.07, 6.45) is -4.45. The molecule has 1 aromatic carbocycles. The molecule has 4 nitrogen and oxygen atoms in total. The summed E-state index contributed by atoms with van der Waals surface area (Å²) in [5.41, 5.74) is -0.753. The van der Waals surface area contributed by atoms with Crippen LogP contribution in [0.5, 0.6) is 0 Å². The van der Waals surface area contributed by atoms with Crippen molar-refractivity contribution in [1.82, 2.24) is 9.80 Å². The summed E-state index contributed by atoms with van der Waals surface area (Å²) in [4.78, 5) is 16.1. The Morgan fingerprint density at radius 1 is 1.41 bits per heavy atom. The number of alkyl halides is 3. The van der Waals surface area contributed by atoms with E-state index in [1.54, 1.807) is 4.90 Å². The summed E-state index contributed by atoms with van der Waals surface area (Å²) in [5.74, 6) is -0.388. The highest BCUT2D eigenvalue weighted by Gasteiger charge is 2.33. The van der Waals surface area contributed by atoms with E-state index in [0.717, 1.165) is 12.1 Å². The molecule has 1 atom stereocenters. The van der Waals surface area contributed by atoms with Crippen molar-refractivity contribution >= 4 is 5.91 Å². The second kappa shape index (κ2) is 6.66. The number of rotatable bonds is 3. The van der Waals surface area contributed by atoms with E-state index in [1.807, 2.05) is 19.0 Å². The number of benzene rings is 1. The average Bonchev–Trinajstić information content (AvgIpc) is 2.46. The van der Waals surface area contributed by atoms with Crippen molar-refractivity contribution in [3.8, 4) is 0 Å². The van der Waals surface area contributed by atoms with E-state index < -0.39 is 11.7 Å². The summed E-state index contributed by atoms with van der Waals surface area (Å²) in [7, 11) is 3.75. The Labute approximate surface area is 127 Å². The molecule has 1 aliphatic heterocycles. The maximum Gasteiger partial charge on any atom is 0.416 e. The van der Waals surface area contributed by atoms with Gasteiger partial charge in [0.05, 0.1) is 24.8 Å². The molecule has 22 heavy (non-hydrogen) atoms. The summed E-state index contributed by atoms with van der Waals surface area (Å²) >= 11 is 0. The topological polar surface area (TPSA) is 32.8 Å². The third-order valence-electron chi connectivity index (χ3n) is 3.50. The molecular weight excluding hydrogens is 297 g/mol. The number of carbonyl (C=O) groups excluding carboxylic acids is 1. The lowest BCUT2D eigenvalue weighted by molar-refractivity contribution is -0.137. The first kappa shape index (κ1) is 16.8. The molecule has 2 rings (SSSR count). The fourth-order valence-electron chi connectivity index (χ4n) is 2.49. The number of amides is 1. The van der Waals surface area contributed by atoms with E-state index in [2.05, 4.69) is 0 Å². The maximum absolute atomic E-state index is 12.8. The van der Waals surface area contributed by atoms with Gasteiger partial charge in [-0.3, -0.25) is 4.79 Å². The van der Waals surface area contributed by atoms with Gasteiger partial charge in [-0.15, -0.1) is 0 Å². The predicted molar refractivity (Wildman–Crippen MR) is 75.6 cm³/mol. The molecule has 0 radical (unpaired) electrons. The molecule has 0 saturated carbocycles. The van der Waals surface area contributed by atoms with Crippen LogP contribution in [0, 0.1) is 0 Å². The van der Waals surface area contributed by atoms with Crippen molar-refractivity contribution in [3.63, 3.8) is 0 Å². The molecule has 122 valence electrons. The Morgan fingerprint density at radius 3 is 2.77 bits per heavy atom. The van der Waals surface area contributed by atoms with Crippen LogP contribution >= 0.6 is 0 Å². The molecule has 1 heterocycles. The van der Waals surface area contributed by atoms with Gasteiger partial charge in [0, 0.05) is 18.7 Å². The summed E-state index contributed by atoms with van der Waals surface area (Å²) in [6.45, 7) is 1.77. The number of hydrogen-bond donors (Lipinski definition) is 0. The first-order valence-corrected chi connectivity index (χ1v) is 6.99. The second-order valence-electron chi connectivity index (χ2n) is 5.57. The smallest absolute Gasteiger partial charge is 0.377 e. The van der Waals surface area contributed by atoms with Crippen LogP contribution in [-0.4, -0.2) is 62.1 Å². The molecule has 0 aliphatic carbocycles. The van der Waals surface area contributed by atoms with Crippen molar-refractivity contribution in [2.24, 2.45) is 0 Å². The molecular formula is C15H19F3N2O2. The zero-order valence-corrected chi connectivity index (χ0v) is 12.6. The largest absolute Gasteiger partial charge is 0.416 e. The van der Waals surface area contributed by atoms with Gasteiger partial charge < -0.3 is 14.5 Å². The zero-order valence-electron chi connectivity index (χ0n) is 12.6. The van der Waals surface area contributed by atoms with Crippen LogP contribution in [0.25, 0.3) is 0 Å². The van der Waals surface area contributed by atoms with Crippen molar-refractivity contribution in [2.45, 2.75) is 12.2 Å². The predicted octanol–water partition coefficient (Wildman–Crippen LogP) is 2.11. The highest BCUT2D eigenvalue weighted by Crippen LogP contribution is 2.30. The van der Waals surface area contributed by atoms with Crippen LogP contribution in [-0.2, 0) is 10.9 Å². The highest BCUT2D eigenvalue weighted by atomic mass is 19.4. The fraction of sp³-hybridized carbons (Fsp3) is 0.533. The van der Waals surface area contributed by atoms with Crippen molar-refractivity contribution < 1.29 is 22.7 Å². The molecule has 0 aromatic heterocycles. The molecule has 0 N–H and O–H groups in total. The van der Waals surface area contributed by atoms with E-state index in [9.17, 15) is 18.0 Å². The van der Waals surface area contributed by atoms with E-state index in [1.165, 1.54) is 12.1 Å². The average molecular weight is 316 g/mol. The third kappa shape index (κ3) is 3.98. The van der Waals surface area contributed by atoms with Gasteiger partial charge in [-0.1, -0.05) is 6.07 Å². The zero-order chi connectivity index (χ0) is 16.3. The van der Waals surface area contributed by atoms with Gasteiger partial charge in [-0.05, 0) is 32.3 Å². The molecule has 1 amide bonds. The number of carbonyl (C=O) groups is 1. The minimum Gasteiger partial charge on any atom is -0.377 e. The lowest BCUT2D eigenvalue weighted by atomic mass is 10.1. The van der Waals surface area contributed by atoms with Gasteiger partial charge in [-0.2, -0.15) is 13.2 Å². The summed E-state index contributed by atoms with van der Waals surface area (Å²) in [5, 5.41) is 0. The van der Waals surface area contributed by atoms with Gasteiger partial charge in [-0.25, -0.2) is 0 Å². The lowest BCUT2D eigenvalue weighted by Crippen LogP contribution is -2.52. The number of halogens is 3. The molecule has 1 saturated heterocycles. The number of ether oxygens (including phenoxy) is 1. The molecule has 0 bridgehead atoms. The van der Waals surface area contributed by atoms with Crippen molar-refractivity contribution in [3.05, 3.63) is 35.4 Å². The number of hydrogen-bond acceptors (Lipinski definition) is 3. The van der Waals surface area contributed by atoms with Crippen LogP contribution in [0.4, 0.5) is 13.2 Å².